The van der Waals surface area contributed by atoms with Crippen molar-refractivity contribution in [2.45, 2.75) is 11.1 Å². The third-order valence-electron chi connectivity index (χ3n) is 3.05. The summed E-state index contributed by atoms with van der Waals surface area (Å²) in [6.45, 7) is -0.213. The van der Waals surface area contributed by atoms with Crippen molar-refractivity contribution in [3.63, 3.8) is 0 Å². The maximum Gasteiger partial charge on any atom is 0.236 e. The summed E-state index contributed by atoms with van der Waals surface area (Å²) < 4.78 is 26.1. The summed E-state index contributed by atoms with van der Waals surface area (Å²) in [5.74, 6) is -0.784. The minimum Gasteiger partial charge on any atom is -0.368 e. The van der Waals surface area contributed by atoms with Crippen molar-refractivity contribution in [2.24, 2.45) is 5.73 Å². The van der Waals surface area contributed by atoms with Gasteiger partial charge in [-0.3, -0.25) is 4.79 Å². The molecule has 1 aromatic carbocycles. The predicted octanol–water partition coefficient (Wildman–Crippen LogP) is 2.13. The zero-order valence-corrected chi connectivity index (χ0v) is 15.2. The Kier molecular flexibility index (Phi) is 5.51. The first kappa shape index (κ1) is 17.3. The number of nitrogens with zero attached hydrogens (tertiary/aromatic N) is 1. The van der Waals surface area contributed by atoms with Gasteiger partial charge in [-0.05, 0) is 34.2 Å². The van der Waals surface area contributed by atoms with E-state index >= 15 is 0 Å². The average molecular weight is 453 g/mol. The van der Waals surface area contributed by atoms with Gasteiger partial charge in [-0.1, -0.05) is 41.9 Å². The van der Waals surface area contributed by atoms with Crippen molar-refractivity contribution in [2.75, 3.05) is 6.54 Å². The summed E-state index contributed by atoms with van der Waals surface area (Å²) >= 11 is 8.18. The van der Waals surface area contributed by atoms with Gasteiger partial charge in [0, 0.05) is 9.78 Å². The number of hydrogen-bond acceptors (Lipinski definition) is 4. The first-order valence-electron chi connectivity index (χ1n) is 6.34. The lowest BCUT2D eigenvalue weighted by atomic mass is 10.2. The normalized spacial score (nSPS) is 18.6. The Bertz CT molecular complexity index is 732. The largest absolute Gasteiger partial charge is 0.368 e. The summed E-state index contributed by atoms with van der Waals surface area (Å²) in [4.78, 5) is 12.5. The fraction of sp³-hybridized carbons (Fsp3) is 0.214. The molecule has 118 valence electrons. The molecular formula is C14H14ClIN2O3S. The van der Waals surface area contributed by atoms with Crippen LogP contribution in [0.15, 0.2) is 51.2 Å². The summed E-state index contributed by atoms with van der Waals surface area (Å²) in [6, 6.07) is 8.82. The highest BCUT2D eigenvalue weighted by Crippen LogP contribution is 2.33. The molecule has 0 spiro atoms. The van der Waals surface area contributed by atoms with Crippen molar-refractivity contribution in [3.8, 4) is 0 Å². The second-order valence-electron chi connectivity index (χ2n) is 4.80. The second-order valence-corrected chi connectivity index (χ2v) is 8.43. The van der Waals surface area contributed by atoms with E-state index in [4.69, 9.17) is 17.3 Å². The molecular weight excluding hydrogens is 439 g/mol. The highest BCUT2D eigenvalue weighted by Gasteiger charge is 2.36. The van der Waals surface area contributed by atoms with Crippen molar-refractivity contribution >= 4 is 49.9 Å². The van der Waals surface area contributed by atoms with Gasteiger partial charge in [0.25, 0.3) is 0 Å². The van der Waals surface area contributed by atoms with Crippen molar-refractivity contribution in [1.29, 1.82) is 0 Å². The SMILES string of the molecule is NC(=O)CN1C=CC(I)=C(Cl)C1S(=O)(=O)Cc1ccccc1. The lowest BCUT2D eigenvalue weighted by molar-refractivity contribution is -0.118. The van der Waals surface area contributed by atoms with Crippen molar-refractivity contribution < 1.29 is 13.2 Å². The third-order valence-corrected chi connectivity index (χ3v) is 6.77. The van der Waals surface area contributed by atoms with E-state index < -0.39 is 21.1 Å². The Morgan fingerprint density at radius 3 is 2.55 bits per heavy atom. The van der Waals surface area contributed by atoms with Gasteiger partial charge in [0.2, 0.25) is 5.91 Å². The van der Waals surface area contributed by atoms with Crippen LogP contribution in [0.1, 0.15) is 5.56 Å². The lowest BCUT2D eigenvalue weighted by Crippen LogP contribution is -2.44. The minimum absolute atomic E-state index is 0.165. The second kappa shape index (κ2) is 7.01. The molecule has 0 aromatic heterocycles. The van der Waals surface area contributed by atoms with E-state index in [0.717, 1.165) is 0 Å². The topological polar surface area (TPSA) is 80.5 Å². The molecule has 5 nitrogen and oxygen atoms in total. The van der Waals surface area contributed by atoms with E-state index in [2.05, 4.69) is 0 Å². The molecule has 1 aromatic rings. The first-order chi connectivity index (χ1) is 10.3. The molecule has 8 heteroatoms. The number of allylic oxidation sites excluding steroid dienone is 2. The van der Waals surface area contributed by atoms with E-state index in [1.165, 1.54) is 11.1 Å². The standard InChI is InChI=1S/C14H14ClIN2O3S/c15-13-11(16)6-7-18(8-12(17)19)14(13)22(20,21)9-10-4-2-1-3-5-10/h1-7,14H,8-9H2,(H2,17,19). The van der Waals surface area contributed by atoms with Gasteiger partial charge >= 0.3 is 0 Å². The molecule has 22 heavy (non-hydrogen) atoms. The summed E-state index contributed by atoms with van der Waals surface area (Å²) in [5.41, 5.74) is 5.85. The number of rotatable bonds is 5. The molecule has 1 amide bonds. The van der Waals surface area contributed by atoms with E-state index in [1.807, 2.05) is 28.7 Å². The van der Waals surface area contributed by atoms with Crippen LogP contribution in [0.25, 0.3) is 0 Å². The predicted molar refractivity (Wildman–Crippen MR) is 94.8 cm³/mol. The molecule has 1 heterocycles. The van der Waals surface area contributed by atoms with Crippen molar-refractivity contribution in [1.82, 2.24) is 4.90 Å². The van der Waals surface area contributed by atoms with Crippen LogP contribution in [-0.4, -0.2) is 31.1 Å². The minimum atomic E-state index is -3.64. The maximum absolute atomic E-state index is 12.8. The molecule has 0 radical (unpaired) electrons. The van der Waals surface area contributed by atoms with Gasteiger partial charge in [-0.2, -0.15) is 0 Å². The fourth-order valence-corrected chi connectivity index (χ4v) is 5.22. The number of carbonyl (C=O) groups excluding carboxylic acids is 1. The number of halogens is 2. The maximum atomic E-state index is 12.8. The zero-order valence-electron chi connectivity index (χ0n) is 11.4. The Morgan fingerprint density at radius 1 is 1.32 bits per heavy atom. The first-order valence-corrected chi connectivity index (χ1v) is 9.51. The smallest absolute Gasteiger partial charge is 0.236 e. The molecule has 1 aliphatic heterocycles. The molecule has 2 N–H and O–H groups in total. The Labute approximate surface area is 147 Å². The third kappa shape index (κ3) is 4.02. The molecule has 0 bridgehead atoms. The van der Waals surface area contributed by atoms with Gasteiger partial charge < -0.3 is 10.6 Å². The summed E-state index contributed by atoms with van der Waals surface area (Å²) in [7, 11) is -3.64. The molecule has 1 atom stereocenters. The monoisotopic (exact) mass is 452 g/mol. The van der Waals surface area contributed by atoms with Crippen LogP contribution in [-0.2, 0) is 20.4 Å². The molecule has 0 saturated heterocycles. The van der Waals surface area contributed by atoms with Crippen LogP contribution in [0.5, 0.6) is 0 Å². The summed E-state index contributed by atoms with van der Waals surface area (Å²) in [5, 5.41) is -0.918. The highest BCUT2D eigenvalue weighted by molar-refractivity contribution is 14.1. The van der Waals surface area contributed by atoms with Crippen LogP contribution in [0.3, 0.4) is 0 Å². The van der Waals surface area contributed by atoms with Crippen LogP contribution in [0.4, 0.5) is 0 Å². The Hall–Kier alpha value is -1.06. The molecule has 2 rings (SSSR count). The molecule has 0 aliphatic carbocycles. The Balaban J connectivity index is 2.36. The van der Waals surface area contributed by atoms with Crippen LogP contribution in [0, 0.1) is 0 Å². The number of hydrogen-bond donors (Lipinski definition) is 1. The van der Waals surface area contributed by atoms with Gasteiger partial charge in [0.05, 0.1) is 17.3 Å². The van der Waals surface area contributed by atoms with E-state index in [1.54, 1.807) is 30.3 Å². The number of primary amides is 1. The number of amides is 1. The molecule has 1 aliphatic rings. The van der Waals surface area contributed by atoms with Crippen LogP contribution < -0.4 is 5.73 Å². The zero-order chi connectivity index (χ0) is 16.3. The van der Waals surface area contributed by atoms with E-state index in [9.17, 15) is 13.2 Å². The van der Waals surface area contributed by atoms with E-state index in [-0.39, 0.29) is 17.3 Å². The fourth-order valence-electron chi connectivity index (χ4n) is 2.15. The van der Waals surface area contributed by atoms with Crippen LogP contribution >= 0.6 is 34.2 Å². The summed E-state index contributed by atoms with van der Waals surface area (Å²) in [6.07, 6.45) is 3.19. The highest BCUT2D eigenvalue weighted by atomic mass is 127. The number of benzene rings is 1. The quantitative estimate of drug-likeness (QED) is 0.694. The van der Waals surface area contributed by atoms with Crippen LogP contribution in [0.2, 0.25) is 0 Å². The molecule has 1 unspecified atom stereocenters. The van der Waals surface area contributed by atoms with Gasteiger partial charge in [0.15, 0.2) is 15.2 Å². The van der Waals surface area contributed by atoms with E-state index in [0.29, 0.717) is 9.14 Å². The average Bonchev–Trinajstić information content (AvgIpc) is 2.42. The lowest BCUT2D eigenvalue weighted by Gasteiger charge is -2.32. The number of nitrogens with two attached hydrogens (primary N) is 1. The van der Waals surface area contributed by atoms with Crippen molar-refractivity contribution in [3.05, 3.63) is 56.8 Å². The Morgan fingerprint density at radius 2 is 1.95 bits per heavy atom. The molecule has 0 saturated carbocycles. The number of carbonyl (C=O) groups is 1. The van der Waals surface area contributed by atoms with Gasteiger partial charge in [-0.15, -0.1) is 0 Å². The molecule has 0 fully saturated rings. The van der Waals surface area contributed by atoms with Gasteiger partial charge in [-0.25, -0.2) is 8.42 Å². The number of sulfone groups is 1. The van der Waals surface area contributed by atoms with Gasteiger partial charge in [0.1, 0.15) is 0 Å².